The minimum atomic E-state index is -0.145. The van der Waals surface area contributed by atoms with E-state index in [0.717, 1.165) is 0 Å². The van der Waals surface area contributed by atoms with E-state index in [1.165, 1.54) is 99.1 Å². The summed E-state index contributed by atoms with van der Waals surface area (Å²) in [6.45, 7) is 4.81. The van der Waals surface area contributed by atoms with Gasteiger partial charge in [0.2, 0.25) is 0 Å². The van der Waals surface area contributed by atoms with E-state index in [2.05, 4.69) is 196 Å². The first-order valence-corrected chi connectivity index (χ1v) is 17.9. The molecule has 0 bridgehead atoms. The van der Waals surface area contributed by atoms with Crippen LogP contribution in [0.25, 0.3) is 88.0 Å². The van der Waals surface area contributed by atoms with Crippen LogP contribution in [0.1, 0.15) is 25.0 Å². The first-order chi connectivity index (χ1) is 25.1. The molecular weight excluding hydrogens is 613 g/mol. The number of hydrogen-bond acceptors (Lipinski definition) is 0. The monoisotopic (exact) mass is 648 g/mol. The van der Waals surface area contributed by atoms with Crippen LogP contribution in [-0.2, 0) is 5.41 Å². The average molecular weight is 649 g/mol. The van der Waals surface area contributed by atoms with Crippen molar-refractivity contribution >= 4 is 32.3 Å². The van der Waals surface area contributed by atoms with Crippen molar-refractivity contribution in [3.63, 3.8) is 0 Å². The van der Waals surface area contributed by atoms with E-state index < -0.39 is 0 Å². The molecule has 0 aliphatic heterocycles. The van der Waals surface area contributed by atoms with Crippen LogP contribution in [0.15, 0.2) is 182 Å². The highest BCUT2D eigenvalue weighted by molar-refractivity contribution is 6.21. The molecule has 1 aliphatic rings. The Morgan fingerprint density at radius 1 is 0.294 bits per heavy atom. The summed E-state index contributed by atoms with van der Waals surface area (Å²) in [6.07, 6.45) is 0. The summed E-state index contributed by atoms with van der Waals surface area (Å²) < 4.78 is 0. The van der Waals surface area contributed by atoms with Crippen molar-refractivity contribution in [2.45, 2.75) is 19.3 Å². The topological polar surface area (TPSA) is 0 Å². The summed E-state index contributed by atoms with van der Waals surface area (Å²) >= 11 is 0. The molecule has 0 atom stereocenters. The van der Waals surface area contributed by atoms with Crippen LogP contribution >= 0.6 is 0 Å². The van der Waals surface area contributed by atoms with Crippen LogP contribution in [0.4, 0.5) is 0 Å². The van der Waals surface area contributed by atoms with Gasteiger partial charge < -0.3 is 0 Å². The van der Waals surface area contributed by atoms with Crippen molar-refractivity contribution in [1.82, 2.24) is 0 Å². The maximum absolute atomic E-state index is 2.43. The lowest BCUT2D eigenvalue weighted by molar-refractivity contribution is 0.668. The molecule has 0 heteroatoms. The molecule has 0 amide bonds. The third-order valence-electron chi connectivity index (χ3n) is 11.2. The normalized spacial score (nSPS) is 13.1. The van der Waals surface area contributed by atoms with E-state index in [0.29, 0.717) is 0 Å². The van der Waals surface area contributed by atoms with E-state index in [4.69, 9.17) is 0 Å². The van der Waals surface area contributed by atoms with Crippen LogP contribution < -0.4 is 0 Å². The zero-order valence-corrected chi connectivity index (χ0v) is 28.8. The summed E-state index contributed by atoms with van der Waals surface area (Å²) in [5.74, 6) is 0. The maximum Gasteiger partial charge on any atom is 0.0171 e. The van der Waals surface area contributed by atoms with Crippen molar-refractivity contribution in [1.29, 1.82) is 0 Å². The van der Waals surface area contributed by atoms with Gasteiger partial charge in [-0.15, -0.1) is 0 Å². The molecule has 51 heavy (non-hydrogen) atoms. The summed E-state index contributed by atoms with van der Waals surface area (Å²) in [6, 6.07) is 67.2. The van der Waals surface area contributed by atoms with Gasteiger partial charge >= 0.3 is 0 Å². The quantitative estimate of drug-likeness (QED) is 0.167. The Hall–Kier alpha value is -6.24. The molecule has 0 spiro atoms. The minimum Gasteiger partial charge on any atom is -0.0622 e. The van der Waals surface area contributed by atoms with Gasteiger partial charge in [-0.25, -0.2) is 0 Å². The molecule has 0 N–H and O–H groups in total. The molecule has 1 aliphatic carbocycles. The Kier molecular flexibility index (Phi) is 6.63. The highest BCUT2D eigenvalue weighted by atomic mass is 14.4. The van der Waals surface area contributed by atoms with Gasteiger partial charge in [0.15, 0.2) is 0 Å². The molecule has 9 aromatic carbocycles. The number of fused-ring (bicyclic) bond motifs is 7. The Labute approximate surface area is 299 Å². The zero-order chi connectivity index (χ0) is 34.1. The number of rotatable bonds is 4. The lowest BCUT2D eigenvalue weighted by Gasteiger charge is -2.26. The van der Waals surface area contributed by atoms with Gasteiger partial charge in [-0.1, -0.05) is 184 Å². The first kappa shape index (κ1) is 29.7. The molecule has 10 rings (SSSR count). The fourth-order valence-electron chi connectivity index (χ4n) is 9.06. The predicted molar refractivity (Wildman–Crippen MR) is 218 cm³/mol. The molecule has 0 unspecified atom stereocenters. The highest BCUT2D eigenvalue weighted by Gasteiger charge is 2.38. The van der Waals surface area contributed by atoms with Gasteiger partial charge in [0.1, 0.15) is 0 Å². The smallest absolute Gasteiger partial charge is 0.0171 e. The largest absolute Gasteiger partial charge is 0.0622 e. The Balaban J connectivity index is 1.18. The van der Waals surface area contributed by atoms with Gasteiger partial charge in [0.05, 0.1) is 0 Å². The molecule has 0 fully saturated rings. The minimum absolute atomic E-state index is 0.145. The second-order valence-corrected chi connectivity index (χ2v) is 14.4. The van der Waals surface area contributed by atoms with Gasteiger partial charge in [-0.05, 0) is 111 Å². The van der Waals surface area contributed by atoms with Crippen molar-refractivity contribution in [2.75, 3.05) is 0 Å². The van der Waals surface area contributed by atoms with Crippen molar-refractivity contribution < 1.29 is 0 Å². The third kappa shape index (κ3) is 4.53. The lowest BCUT2D eigenvalue weighted by Crippen LogP contribution is -2.16. The first-order valence-electron chi connectivity index (χ1n) is 17.9. The number of benzene rings is 9. The molecule has 240 valence electrons. The third-order valence-corrected chi connectivity index (χ3v) is 11.2. The van der Waals surface area contributed by atoms with Gasteiger partial charge in [-0.3, -0.25) is 0 Å². The summed E-state index contributed by atoms with van der Waals surface area (Å²) in [5, 5.41) is 7.73. The second kappa shape index (κ2) is 11.4. The second-order valence-electron chi connectivity index (χ2n) is 14.4. The lowest BCUT2D eigenvalue weighted by atomic mass is 9.77. The average Bonchev–Trinajstić information content (AvgIpc) is 3.43. The van der Waals surface area contributed by atoms with Crippen LogP contribution in [0.2, 0.25) is 0 Å². The summed E-state index contributed by atoms with van der Waals surface area (Å²) in [4.78, 5) is 0. The van der Waals surface area contributed by atoms with Crippen LogP contribution in [0, 0.1) is 0 Å². The fraction of sp³-hybridized carbons (Fsp3) is 0.0588. The molecule has 0 heterocycles. The van der Waals surface area contributed by atoms with E-state index >= 15 is 0 Å². The molecular formula is C51H36. The molecule has 0 radical (unpaired) electrons. The van der Waals surface area contributed by atoms with Crippen LogP contribution in [-0.4, -0.2) is 0 Å². The van der Waals surface area contributed by atoms with Gasteiger partial charge in [0.25, 0.3) is 0 Å². The summed E-state index contributed by atoms with van der Waals surface area (Å²) in [5.41, 5.74) is 15.5. The van der Waals surface area contributed by atoms with Crippen LogP contribution in [0.5, 0.6) is 0 Å². The van der Waals surface area contributed by atoms with Crippen molar-refractivity contribution in [3.8, 4) is 55.6 Å². The van der Waals surface area contributed by atoms with Gasteiger partial charge in [-0.2, -0.15) is 0 Å². The van der Waals surface area contributed by atoms with Crippen molar-refractivity contribution in [2.24, 2.45) is 0 Å². The molecule has 0 saturated carbocycles. The van der Waals surface area contributed by atoms with E-state index in [9.17, 15) is 0 Å². The SMILES string of the molecule is CC1(C)c2c(-c3cccc(-c4c5ccccc5c(-c5cccc(-c6ccccc6)c5)c5ccccc45)c3)cccc2-c2ccc3ccccc3c21. The number of hydrogen-bond donors (Lipinski definition) is 0. The standard InChI is InChI=1S/C51H36/c1-51(2)49-39-22-7-6-17-34(39)29-30-46(49)45-28-14-27-40(50(45)51)36-19-13-21-38(32-36)48-43-25-10-8-23-41(43)47(42-24-9-11-26-44(42)48)37-20-12-18-35(31-37)33-15-4-3-5-16-33/h3-32H,1-2H3. The van der Waals surface area contributed by atoms with Gasteiger partial charge in [0, 0.05) is 5.41 Å². The molecule has 0 saturated heterocycles. The summed E-state index contributed by atoms with van der Waals surface area (Å²) in [7, 11) is 0. The Bertz CT molecular complexity index is 2760. The fourth-order valence-corrected chi connectivity index (χ4v) is 9.06. The van der Waals surface area contributed by atoms with Crippen molar-refractivity contribution in [3.05, 3.63) is 193 Å². The zero-order valence-electron chi connectivity index (χ0n) is 28.8. The molecule has 0 aromatic heterocycles. The van der Waals surface area contributed by atoms with Crippen LogP contribution in [0.3, 0.4) is 0 Å². The Morgan fingerprint density at radius 3 is 1.39 bits per heavy atom. The van der Waals surface area contributed by atoms with E-state index in [-0.39, 0.29) is 5.41 Å². The van der Waals surface area contributed by atoms with E-state index in [1.54, 1.807) is 0 Å². The predicted octanol–water partition coefficient (Wildman–Crippen LogP) is 14.1. The Morgan fingerprint density at radius 2 is 0.745 bits per heavy atom. The highest BCUT2D eigenvalue weighted by Crippen LogP contribution is 2.54. The molecule has 9 aromatic rings. The maximum atomic E-state index is 2.43. The van der Waals surface area contributed by atoms with E-state index in [1.807, 2.05) is 0 Å². The molecule has 0 nitrogen and oxygen atoms in total.